The molecule has 1 unspecified atom stereocenters. The zero-order valence-electron chi connectivity index (χ0n) is 11.6. The molecule has 7 heteroatoms. The van der Waals surface area contributed by atoms with Gasteiger partial charge in [-0.25, -0.2) is 4.98 Å². The molecule has 21 heavy (non-hydrogen) atoms. The molecule has 1 atom stereocenters. The van der Waals surface area contributed by atoms with E-state index in [-0.39, 0.29) is 17.6 Å². The van der Waals surface area contributed by atoms with Crippen molar-refractivity contribution in [1.82, 2.24) is 4.98 Å². The van der Waals surface area contributed by atoms with Crippen LogP contribution in [-0.4, -0.2) is 28.7 Å². The lowest BCUT2D eigenvalue weighted by Gasteiger charge is -2.10. The number of carbonyl (C=O) groups excluding carboxylic acids is 1. The van der Waals surface area contributed by atoms with Crippen LogP contribution in [0, 0.1) is 16.0 Å². The lowest BCUT2D eigenvalue weighted by atomic mass is 10.2. The van der Waals surface area contributed by atoms with Gasteiger partial charge in [0.05, 0.1) is 18.0 Å². The first kappa shape index (κ1) is 15.2. The van der Waals surface area contributed by atoms with E-state index in [1.807, 2.05) is 0 Å². The van der Waals surface area contributed by atoms with Gasteiger partial charge in [-0.2, -0.15) is 0 Å². The highest BCUT2D eigenvalue weighted by atomic mass is 32.2. The van der Waals surface area contributed by atoms with E-state index in [4.69, 9.17) is 0 Å². The van der Waals surface area contributed by atoms with Gasteiger partial charge in [0.25, 0.3) is 5.69 Å². The van der Waals surface area contributed by atoms with Crippen LogP contribution < -0.4 is 0 Å². The van der Waals surface area contributed by atoms with Crippen molar-refractivity contribution in [3.05, 3.63) is 40.6 Å². The zero-order chi connectivity index (χ0) is 15.4. The first-order chi connectivity index (χ1) is 10.0. The number of para-hydroxylation sites is 1. The number of nitro groups is 1. The minimum atomic E-state index is -0.444. The van der Waals surface area contributed by atoms with Crippen LogP contribution in [-0.2, 0) is 9.53 Å². The summed E-state index contributed by atoms with van der Waals surface area (Å²) >= 11 is 1.46. The predicted molar refractivity (Wildman–Crippen MR) is 80.3 cm³/mol. The highest BCUT2D eigenvalue weighted by Crippen LogP contribution is 2.32. The number of carbonyl (C=O) groups is 1. The van der Waals surface area contributed by atoms with Crippen molar-refractivity contribution in [2.24, 2.45) is 5.92 Å². The molecule has 0 bridgehead atoms. The zero-order valence-corrected chi connectivity index (χ0v) is 12.4. The number of methoxy groups -OCH3 is 1. The monoisotopic (exact) mass is 306 g/mol. The largest absolute Gasteiger partial charge is 0.469 e. The maximum Gasteiger partial charge on any atom is 0.309 e. The molecule has 1 aromatic heterocycles. The Balaban J connectivity index is 2.31. The number of pyridine rings is 1. The number of benzene rings is 1. The average Bonchev–Trinajstić information content (AvgIpc) is 2.50. The van der Waals surface area contributed by atoms with Gasteiger partial charge in [-0.1, -0.05) is 19.1 Å². The molecule has 0 spiro atoms. The van der Waals surface area contributed by atoms with E-state index in [2.05, 4.69) is 9.72 Å². The Morgan fingerprint density at radius 3 is 2.90 bits per heavy atom. The van der Waals surface area contributed by atoms with E-state index >= 15 is 0 Å². The maximum absolute atomic E-state index is 11.4. The Hall–Kier alpha value is -2.15. The number of esters is 1. The number of non-ortho nitro benzene ring substituents is 1. The van der Waals surface area contributed by atoms with Crippen molar-refractivity contribution >= 4 is 34.3 Å². The van der Waals surface area contributed by atoms with Gasteiger partial charge in [-0.15, -0.1) is 11.8 Å². The van der Waals surface area contributed by atoms with Crippen LogP contribution in [0.2, 0.25) is 0 Å². The summed E-state index contributed by atoms with van der Waals surface area (Å²) in [6, 6.07) is 6.65. The standard InChI is InChI=1S/C14H14N2O4S/c1-9(14(17)20-2)8-21-12-6-7-15-13-10(12)4-3-5-11(13)16(18)19/h3-7,9H,8H2,1-2H3. The van der Waals surface area contributed by atoms with E-state index in [9.17, 15) is 14.9 Å². The molecule has 0 aliphatic carbocycles. The van der Waals surface area contributed by atoms with E-state index in [1.54, 1.807) is 31.3 Å². The fraction of sp³-hybridized carbons (Fsp3) is 0.286. The Morgan fingerprint density at radius 1 is 1.48 bits per heavy atom. The molecule has 0 aliphatic rings. The molecule has 0 radical (unpaired) electrons. The summed E-state index contributed by atoms with van der Waals surface area (Å²) in [4.78, 5) is 26.9. The molecule has 0 fully saturated rings. The van der Waals surface area contributed by atoms with Crippen molar-refractivity contribution in [3.63, 3.8) is 0 Å². The van der Waals surface area contributed by atoms with E-state index in [0.29, 0.717) is 16.7 Å². The van der Waals surface area contributed by atoms with Gasteiger partial charge in [0, 0.05) is 28.3 Å². The quantitative estimate of drug-likeness (QED) is 0.365. The molecule has 0 aliphatic heterocycles. The molecule has 1 heterocycles. The predicted octanol–water partition coefficient (Wildman–Crippen LogP) is 3.04. The molecule has 2 aromatic rings. The lowest BCUT2D eigenvalue weighted by Crippen LogP contribution is -2.14. The molecule has 110 valence electrons. The minimum Gasteiger partial charge on any atom is -0.469 e. The van der Waals surface area contributed by atoms with Gasteiger partial charge in [-0.3, -0.25) is 14.9 Å². The van der Waals surface area contributed by atoms with Gasteiger partial charge >= 0.3 is 5.97 Å². The van der Waals surface area contributed by atoms with Gasteiger partial charge in [-0.05, 0) is 6.07 Å². The fourth-order valence-corrected chi connectivity index (χ4v) is 2.94. The van der Waals surface area contributed by atoms with Crippen molar-refractivity contribution in [3.8, 4) is 0 Å². The summed E-state index contributed by atoms with van der Waals surface area (Å²) in [6.45, 7) is 1.78. The van der Waals surface area contributed by atoms with Crippen LogP contribution in [0.5, 0.6) is 0 Å². The number of hydrogen-bond acceptors (Lipinski definition) is 6. The van der Waals surface area contributed by atoms with Crippen molar-refractivity contribution < 1.29 is 14.5 Å². The number of ether oxygens (including phenoxy) is 1. The van der Waals surface area contributed by atoms with Crippen LogP contribution in [0.1, 0.15) is 6.92 Å². The van der Waals surface area contributed by atoms with Gasteiger partial charge in [0.15, 0.2) is 0 Å². The van der Waals surface area contributed by atoms with Crippen molar-refractivity contribution in [2.75, 3.05) is 12.9 Å². The lowest BCUT2D eigenvalue weighted by molar-refractivity contribution is -0.383. The fourth-order valence-electron chi connectivity index (χ4n) is 1.89. The van der Waals surface area contributed by atoms with Crippen molar-refractivity contribution in [2.45, 2.75) is 11.8 Å². The number of fused-ring (bicyclic) bond motifs is 1. The maximum atomic E-state index is 11.4. The summed E-state index contributed by atoms with van der Waals surface area (Å²) in [5.74, 6) is 0.0165. The molecule has 0 saturated heterocycles. The van der Waals surface area contributed by atoms with Crippen LogP contribution in [0.15, 0.2) is 35.4 Å². The number of nitrogens with zero attached hydrogens (tertiary/aromatic N) is 2. The minimum absolute atomic E-state index is 0.0176. The van der Waals surface area contributed by atoms with E-state index in [0.717, 1.165) is 4.90 Å². The molecular weight excluding hydrogens is 292 g/mol. The van der Waals surface area contributed by atoms with E-state index < -0.39 is 4.92 Å². The SMILES string of the molecule is COC(=O)C(C)CSc1ccnc2c([N+](=O)[O-])cccc12. The number of aromatic nitrogens is 1. The third-order valence-corrected chi connectivity index (χ3v) is 4.33. The molecule has 1 aromatic carbocycles. The van der Waals surface area contributed by atoms with Crippen LogP contribution in [0.3, 0.4) is 0 Å². The smallest absolute Gasteiger partial charge is 0.309 e. The average molecular weight is 306 g/mol. The Kier molecular flexibility index (Phi) is 4.74. The summed E-state index contributed by atoms with van der Waals surface area (Å²) in [5, 5.41) is 11.7. The molecule has 0 N–H and O–H groups in total. The first-order valence-corrected chi connectivity index (χ1v) is 7.26. The Morgan fingerprint density at radius 2 is 2.24 bits per heavy atom. The highest BCUT2D eigenvalue weighted by Gasteiger charge is 2.17. The van der Waals surface area contributed by atoms with Crippen LogP contribution in [0.4, 0.5) is 5.69 Å². The molecular formula is C14H14N2O4S. The number of thioether (sulfide) groups is 1. The summed E-state index contributed by atoms with van der Waals surface area (Å²) in [6.07, 6.45) is 1.54. The topological polar surface area (TPSA) is 82.3 Å². The second-order valence-corrected chi connectivity index (χ2v) is 5.54. The summed E-state index contributed by atoms with van der Waals surface area (Å²) in [5.41, 5.74) is 0.342. The Labute approximate surface area is 125 Å². The normalized spacial score (nSPS) is 12.1. The second kappa shape index (κ2) is 6.53. The molecule has 0 amide bonds. The number of rotatable bonds is 5. The second-order valence-electron chi connectivity index (χ2n) is 4.47. The van der Waals surface area contributed by atoms with Crippen LogP contribution in [0.25, 0.3) is 10.9 Å². The summed E-state index contributed by atoms with van der Waals surface area (Å²) in [7, 11) is 1.36. The molecule has 6 nitrogen and oxygen atoms in total. The van der Waals surface area contributed by atoms with E-state index in [1.165, 1.54) is 24.9 Å². The third kappa shape index (κ3) is 3.30. The Bertz CT molecular complexity index is 690. The van der Waals surface area contributed by atoms with Gasteiger partial charge < -0.3 is 4.74 Å². The molecule has 2 rings (SSSR count). The van der Waals surface area contributed by atoms with Gasteiger partial charge in [0.2, 0.25) is 0 Å². The number of nitro benzene ring substituents is 1. The summed E-state index contributed by atoms with van der Waals surface area (Å²) < 4.78 is 4.68. The first-order valence-electron chi connectivity index (χ1n) is 6.27. The van der Waals surface area contributed by atoms with Crippen LogP contribution >= 0.6 is 11.8 Å². The van der Waals surface area contributed by atoms with Crippen molar-refractivity contribution in [1.29, 1.82) is 0 Å². The third-order valence-electron chi connectivity index (χ3n) is 3.00. The molecule has 0 saturated carbocycles. The van der Waals surface area contributed by atoms with Gasteiger partial charge in [0.1, 0.15) is 5.52 Å². The number of hydrogen-bond donors (Lipinski definition) is 0. The highest BCUT2D eigenvalue weighted by molar-refractivity contribution is 7.99.